The van der Waals surface area contributed by atoms with Crippen LogP contribution in [0.15, 0.2) is 78.9 Å². The first-order chi connectivity index (χ1) is 15.5. The summed E-state index contributed by atoms with van der Waals surface area (Å²) in [5.41, 5.74) is 8.05. The summed E-state index contributed by atoms with van der Waals surface area (Å²) in [7, 11) is 4.08. The predicted molar refractivity (Wildman–Crippen MR) is 129 cm³/mol. The van der Waals surface area contributed by atoms with Crippen molar-refractivity contribution < 1.29 is 78.1 Å². The Kier molecular flexibility index (Phi) is 12.3. The van der Waals surface area contributed by atoms with Gasteiger partial charge in [-0.2, -0.15) is 0 Å². The summed E-state index contributed by atoms with van der Waals surface area (Å²) in [4.78, 5) is 14.9. The van der Waals surface area contributed by atoms with Gasteiger partial charge in [0.25, 0.3) is 0 Å². The minimum absolute atomic E-state index is 0. The molecule has 0 aliphatic carbocycles. The standard InChI is InChI=1S/C27H25N5.3ClH.Nd/c1-18-24(20-12-7-5-8-13-20)29-26(31(18)3)22-16-11-17-23(28-22)27-30-25(19(2)32(27)4)21-14-9-6-10-15-21;;;;/h5-17H,1-4H3;3*1H;/q;;;;+3/p-3. The number of hydrogen-bond donors (Lipinski definition) is 0. The van der Waals surface area contributed by atoms with Crippen molar-refractivity contribution in [3.63, 3.8) is 0 Å². The number of hydrogen-bond acceptors (Lipinski definition) is 3. The minimum Gasteiger partial charge on any atom is -1.00 e. The average molecular weight is 670 g/mol. The van der Waals surface area contributed by atoms with Crippen LogP contribution in [-0.4, -0.2) is 24.1 Å². The SMILES string of the molecule is Cc1c(-c2ccccc2)nc(-c2cccc(-c3nc(-c4ccccc4)c(C)n3C)n2)n1C.[Cl-].[Cl-].[Cl-].[Nd+3]. The van der Waals surface area contributed by atoms with E-state index in [1.807, 2.05) is 68.7 Å². The molecule has 1 radical (unpaired) electrons. The zero-order chi connectivity index (χ0) is 22.2. The molecule has 5 nitrogen and oxygen atoms in total. The number of aromatic nitrogens is 5. The molecule has 3 heterocycles. The largest absolute Gasteiger partial charge is 3.00 e. The molecule has 0 amide bonds. The third kappa shape index (κ3) is 6.03. The van der Waals surface area contributed by atoms with Crippen LogP contribution < -0.4 is 37.2 Å². The van der Waals surface area contributed by atoms with Crippen molar-refractivity contribution in [1.29, 1.82) is 0 Å². The van der Waals surface area contributed by atoms with Gasteiger partial charge in [-0.05, 0) is 26.0 Å². The predicted octanol–water partition coefficient (Wildman–Crippen LogP) is -3.15. The fourth-order valence-electron chi connectivity index (χ4n) is 4.04. The molecule has 0 saturated heterocycles. The van der Waals surface area contributed by atoms with Crippen LogP contribution in [0.5, 0.6) is 0 Å². The first-order valence-electron chi connectivity index (χ1n) is 10.7. The summed E-state index contributed by atoms with van der Waals surface area (Å²) >= 11 is 0. The van der Waals surface area contributed by atoms with E-state index in [9.17, 15) is 0 Å². The second-order valence-corrected chi connectivity index (χ2v) is 8.00. The molecular weight excluding hydrogens is 645 g/mol. The third-order valence-corrected chi connectivity index (χ3v) is 6.06. The smallest absolute Gasteiger partial charge is 1.00 e. The number of rotatable bonds is 4. The Hall–Kier alpha value is -1.77. The van der Waals surface area contributed by atoms with Crippen molar-refractivity contribution in [1.82, 2.24) is 24.1 Å². The van der Waals surface area contributed by atoms with Crippen LogP contribution in [-0.2, 0) is 14.1 Å². The Morgan fingerprint density at radius 1 is 0.500 bits per heavy atom. The van der Waals surface area contributed by atoms with Crippen molar-refractivity contribution in [2.75, 3.05) is 0 Å². The molecule has 5 aromatic rings. The fraction of sp³-hybridized carbons (Fsp3) is 0.148. The van der Waals surface area contributed by atoms with Crippen molar-refractivity contribution in [3.8, 4) is 45.6 Å². The zero-order valence-corrected chi connectivity index (χ0v) is 25.9. The topological polar surface area (TPSA) is 48.5 Å². The Bertz CT molecular complexity index is 1310. The Labute approximate surface area is 263 Å². The molecule has 0 fully saturated rings. The molecule has 36 heavy (non-hydrogen) atoms. The fourth-order valence-corrected chi connectivity index (χ4v) is 4.04. The van der Waals surface area contributed by atoms with E-state index in [0.29, 0.717) is 0 Å². The van der Waals surface area contributed by atoms with Crippen molar-refractivity contribution in [2.24, 2.45) is 14.1 Å². The molecule has 0 aliphatic rings. The summed E-state index contributed by atoms with van der Waals surface area (Å²) in [5, 5.41) is 0. The maximum atomic E-state index is 4.96. The van der Waals surface area contributed by atoms with Gasteiger partial charge in [0.2, 0.25) is 0 Å². The molecule has 0 spiro atoms. The van der Waals surface area contributed by atoms with Gasteiger partial charge in [-0.3, -0.25) is 0 Å². The number of benzene rings is 2. The van der Waals surface area contributed by atoms with E-state index >= 15 is 0 Å². The van der Waals surface area contributed by atoms with Gasteiger partial charge < -0.3 is 46.4 Å². The second kappa shape index (κ2) is 13.7. The normalized spacial score (nSPS) is 9.89. The third-order valence-electron chi connectivity index (χ3n) is 6.06. The van der Waals surface area contributed by atoms with Gasteiger partial charge in [-0.25, -0.2) is 15.0 Å². The van der Waals surface area contributed by atoms with Gasteiger partial charge in [-0.15, -0.1) is 0 Å². The monoisotopic (exact) mass is 666 g/mol. The van der Waals surface area contributed by atoms with Gasteiger partial charge in [0.1, 0.15) is 11.4 Å². The second-order valence-electron chi connectivity index (χ2n) is 8.00. The van der Waals surface area contributed by atoms with Gasteiger partial charge in [0.05, 0.1) is 11.4 Å². The van der Waals surface area contributed by atoms with Crippen LogP contribution in [0.3, 0.4) is 0 Å². The number of imidazole rings is 2. The maximum absolute atomic E-state index is 4.96. The van der Waals surface area contributed by atoms with E-state index in [1.165, 1.54) is 0 Å². The summed E-state index contributed by atoms with van der Waals surface area (Å²) in [6, 6.07) is 26.6. The number of halogens is 3. The van der Waals surface area contributed by atoms with Crippen LogP contribution in [0, 0.1) is 54.7 Å². The Balaban J connectivity index is 0.00000162. The van der Waals surface area contributed by atoms with Crippen molar-refractivity contribution >= 4 is 0 Å². The molecule has 0 N–H and O–H groups in total. The summed E-state index contributed by atoms with van der Waals surface area (Å²) < 4.78 is 4.21. The minimum atomic E-state index is 0. The molecule has 0 unspecified atom stereocenters. The summed E-state index contributed by atoms with van der Waals surface area (Å²) in [5.74, 6) is 1.69. The van der Waals surface area contributed by atoms with Crippen LogP contribution in [0.2, 0.25) is 0 Å². The molecule has 5 rings (SSSR count). The van der Waals surface area contributed by atoms with E-state index in [-0.39, 0.29) is 78.1 Å². The molecule has 0 aliphatic heterocycles. The molecule has 0 saturated carbocycles. The molecule has 0 atom stereocenters. The average Bonchev–Trinajstić information content (AvgIpc) is 3.31. The van der Waals surface area contributed by atoms with E-state index in [2.05, 4.69) is 47.2 Å². The maximum Gasteiger partial charge on any atom is 3.00 e. The van der Waals surface area contributed by atoms with Gasteiger partial charge >= 0.3 is 40.8 Å². The van der Waals surface area contributed by atoms with Gasteiger partial charge in [0, 0.05) is 36.6 Å². The zero-order valence-electron chi connectivity index (χ0n) is 20.4. The van der Waals surface area contributed by atoms with Crippen molar-refractivity contribution in [2.45, 2.75) is 13.8 Å². The van der Waals surface area contributed by atoms with E-state index in [4.69, 9.17) is 15.0 Å². The molecule has 183 valence electrons. The van der Waals surface area contributed by atoms with Gasteiger partial charge in [0.15, 0.2) is 11.6 Å². The van der Waals surface area contributed by atoms with Crippen LogP contribution >= 0.6 is 0 Å². The molecule has 2 aromatic carbocycles. The first-order valence-corrected chi connectivity index (χ1v) is 10.7. The van der Waals surface area contributed by atoms with Crippen LogP contribution in [0.4, 0.5) is 0 Å². The molecule has 3 aromatic heterocycles. The van der Waals surface area contributed by atoms with Gasteiger partial charge in [-0.1, -0.05) is 66.7 Å². The molecular formula is C27H25Cl3N5Nd. The Morgan fingerprint density at radius 2 is 0.861 bits per heavy atom. The van der Waals surface area contributed by atoms with Crippen LogP contribution in [0.1, 0.15) is 11.4 Å². The van der Waals surface area contributed by atoms with E-state index in [1.54, 1.807) is 0 Å². The molecule has 9 heteroatoms. The number of nitrogens with zero attached hydrogens (tertiary/aromatic N) is 5. The van der Waals surface area contributed by atoms with Crippen molar-refractivity contribution in [3.05, 3.63) is 90.3 Å². The van der Waals surface area contributed by atoms with Crippen LogP contribution in [0.25, 0.3) is 45.6 Å². The molecule has 0 bridgehead atoms. The quantitative estimate of drug-likeness (QED) is 0.203. The number of pyridine rings is 1. The van der Waals surface area contributed by atoms with E-state index in [0.717, 1.165) is 56.9 Å². The van der Waals surface area contributed by atoms with E-state index < -0.39 is 0 Å². The summed E-state index contributed by atoms with van der Waals surface area (Å²) in [6.45, 7) is 4.19. The Morgan fingerprint density at radius 3 is 1.22 bits per heavy atom. The summed E-state index contributed by atoms with van der Waals surface area (Å²) in [6.07, 6.45) is 0. The first kappa shape index (κ1) is 32.3.